The lowest BCUT2D eigenvalue weighted by Crippen LogP contribution is -2.32. The summed E-state index contributed by atoms with van der Waals surface area (Å²) in [6.45, 7) is 12.8. The molecule has 1 unspecified atom stereocenters. The zero-order chi connectivity index (χ0) is 18.7. The predicted octanol–water partition coefficient (Wildman–Crippen LogP) is 4.20. The van der Waals surface area contributed by atoms with Crippen LogP contribution in [0.1, 0.15) is 59.6 Å². The van der Waals surface area contributed by atoms with Crippen LogP contribution in [0.5, 0.6) is 5.75 Å². The summed E-state index contributed by atoms with van der Waals surface area (Å²) in [7, 11) is 0. The topological polar surface area (TPSA) is 57.0 Å². The van der Waals surface area contributed by atoms with Gasteiger partial charge in [0, 0.05) is 11.8 Å². The fraction of sp³-hybridized carbons (Fsp3) is 0.550. The van der Waals surface area contributed by atoms with Gasteiger partial charge >= 0.3 is 0 Å². The van der Waals surface area contributed by atoms with E-state index in [9.17, 15) is 4.79 Å². The van der Waals surface area contributed by atoms with Gasteiger partial charge in [-0.1, -0.05) is 53.7 Å². The van der Waals surface area contributed by atoms with Crippen molar-refractivity contribution in [2.45, 2.75) is 59.4 Å². The summed E-state index contributed by atoms with van der Waals surface area (Å²) >= 11 is 0. The molecule has 0 aliphatic rings. The van der Waals surface area contributed by atoms with Crippen LogP contribution >= 0.6 is 0 Å². The Labute approximate surface area is 150 Å². The lowest BCUT2D eigenvalue weighted by molar-refractivity contribution is -0.130. The number of carbonyl (C=O) groups is 1. The van der Waals surface area contributed by atoms with E-state index >= 15 is 0 Å². The first-order valence-electron chi connectivity index (χ1n) is 8.71. The number of ketones is 1. The lowest BCUT2D eigenvalue weighted by atomic mass is 9.85. The fourth-order valence-electron chi connectivity index (χ4n) is 2.60. The van der Waals surface area contributed by atoms with Crippen LogP contribution in [0.15, 0.2) is 36.9 Å². The van der Waals surface area contributed by atoms with Gasteiger partial charge in [0.05, 0.1) is 6.61 Å². The minimum Gasteiger partial charge on any atom is -0.494 e. The molecule has 136 valence electrons. The molecule has 1 aromatic carbocycles. The second kappa shape index (κ2) is 7.38. The Hall–Kier alpha value is -2.17. The first-order valence-corrected chi connectivity index (χ1v) is 8.71. The first-order chi connectivity index (χ1) is 11.6. The Morgan fingerprint density at radius 1 is 1.12 bits per heavy atom. The molecular formula is C20H29N3O2. The molecule has 0 N–H and O–H groups in total. The Balaban J connectivity index is 2.01. The van der Waals surface area contributed by atoms with Gasteiger partial charge in [-0.15, -0.1) is 0 Å². The van der Waals surface area contributed by atoms with E-state index in [0.29, 0.717) is 13.0 Å². The highest BCUT2D eigenvalue weighted by Gasteiger charge is 2.31. The minimum atomic E-state index is -0.440. The molecule has 0 radical (unpaired) electrons. The van der Waals surface area contributed by atoms with Gasteiger partial charge < -0.3 is 4.74 Å². The molecular weight excluding hydrogens is 314 g/mol. The van der Waals surface area contributed by atoms with Crippen molar-refractivity contribution in [1.82, 2.24) is 14.8 Å². The van der Waals surface area contributed by atoms with Gasteiger partial charge in [-0.05, 0) is 23.1 Å². The lowest BCUT2D eigenvalue weighted by Gasteiger charge is -2.24. The van der Waals surface area contributed by atoms with Gasteiger partial charge in [-0.3, -0.25) is 4.79 Å². The zero-order valence-electron chi connectivity index (χ0n) is 16.1. The normalized spacial score (nSPS) is 13.5. The molecule has 5 heteroatoms. The molecule has 0 amide bonds. The van der Waals surface area contributed by atoms with Crippen LogP contribution in [0, 0.1) is 5.41 Å². The van der Waals surface area contributed by atoms with Gasteiger partial charge in [-0.2, -0.15) is 5.10 Å². The smallest absolute Gasteiger partial charge is 0.162 e. The quantitative estimate of drug-likeness (QED) is 0.789. The summed E-state index contributed by atoms with van der Waals surface area (Å²) in [6, 6.07) is 7.78. The minimum absolute atomic E-state index is 0.121. The third-order valence-corrected chi connectivity index (χ3v) is 4.18. The van der Waals surface area contributed by atoms with Crippen LogP contribution < -0.4 is 4.74 Å². The third kappa shape index (κ3) is 5.15. The van der Waals surface area contributed by atoms with E-state index in [1.807, 2.05) is 32.9 Å². The molecule has 25 heavy (non-hydrogen) atoms. The number of benzene rings is 1. The van der Waals surface area contributed by atoms with E-state index in [4.69, 9.17) is 4.74 Å². The van der Waals surface area contributed by atoms with E-state index in [1.165, 1.54) is 11.9 Å². The average Bonchev–Trinajstić information content (AvgIpc) is 3.04. The summed E-state index contributed by atoms with van der Waals surface area (Å²) < 4.78 is 7.48. The number of ether oxygens (including phenoxy) is 1. The van der Waals surface area contributed by atoms with Crippen molar-refractivity contribution in [3.8, 4) is 5.75 Å². The highest BCUT2D eigenvalue weighted by molar-refractivity contribution is 5.87. The molecule has 0 fully saturated rings. The highest BCUT2D eigenvalue weighted by Crippen LogP contribution is 2.27. The van der Waals surface area contributed by atoms with E-state index in [0.717, 1.165) is 5.75 Å². The molecule has 0 bridgehead atoms. The molecule has 5 nitrogen and oxygen atoms in total. The fourth-order valence-corrected chi connectivity index (χ4v) is 2.60. The van der Waals surface area contributed by atoms with Crippen LogP contribution in [0.2, 0.25) is 0 Å². The molecule has 2 aromatic rings. The van der Waals surface area contributed by atoms with Crippen LogP contribution in [0.25, 0.3) is 0 Å². The number of aromatic nitrogens is 3. The van der Waals surface area contributed by atoms with E-state index in [-0.39, 0.29) is 17.2 Å². The maximum absolute atomic E-state index is 12.7. The van der Waals surface area contributed by atoms with Crippen LogP contribution in [0.3, 0.4) is 0 Å². The van der Waals surface area contributed by atoms with Gasteiger partial charge in [0.2, 0.25) is 0 Å². The van der Waals surface area contributed by atoms with Crippen molar-refractivity contribution in [3.05, 3.63) is 42.5 Å². The summed E-state index contributed by atoms with van der Waals surface area (Å²) in [6.07, 6.45) is 3.60. The molecule has 2 rings (SSSR count). The predicted molar refractivity (Wildman–Crippen MR) is 98.8 cm³/mol. The summed E-state index contributed by atoms with van der Waals surface area (Å²) in [4.78, 5) is 16.7. The number of rotatable bonds is 6. The van der Waals surface area contributed by atoms with Gasteiger partial charge in [0.15, 0.2) is 5.78 Å². The first kappa shape index (κ1) is 19.2. The Morgan fingerprint density at radius 3 is 2.24 bits per heavy atom. The van der Waals surface area contributed by atoms with Crippen molar-refractivity contribution >= 4 is 5.78 Å². The molecule has 0 spiro atoms. The molecule has 1 aromatic heterocycles. The van der Waals surface area contributed by atoms with E-state index in [1.54, 1.807) is 11.0 Å². The second-order valence-electron chi connectivity index (χ2n) is 8.42. The summed E-state index contributed by atoms with van der Waals surface area (Å²) in [5, 5.41) is 4.14. The molecule has 0 saturated carbocycles. The number of Topliss-reactive ketones (excluding diaryl/α,β-unsaturated/α-hetero) is 1. The van der Waals surface area contributed by atoms with Crippen molar-refractivity contribution in [3.63, 3.8) is 0 Å². The van der Waals surface area contributed by atoms with Crippen molar-refractivity contribution in [2.24, 2.45) is 5.41 Å². The molecule has 1 atom stereocenters. The number of hydrogen-bond acceptors (Lipinski definition) is 4. The van der Waals surface area contributed by atoms with Crippen molar-refractivity contribution < 1.29 is 9.53 Å². The Bertz CT molecular complexity index is 677. The average molecular weight is 343 g/mol. The molecule has 0 saturated heterocycles. The van der Waals surface area contributed by atoms with Gasteiger partial charge in [0.1, 0.15) is 24.4 Å². The number of nitrogens with zero attached hydrogens (tertiary/aromatic N) is 3. The molecule has 1 heterocycles. The zero-order valence-corrected chi connectivity index (χ0v) is 16.1. The van der Waals surface area contributed by atoms with E-state index in [2.05, 4.69) is 43.0 Å². The van der Waals surface area contributed by atoms with Crippen molar-refractivity contribution in [2.75, 3.05) is 6.61 Å². The SMILES string of the molecule is CC(C)(C)C(=O)C(CCOc1ccc(C(C)(C)C)cc1)n1cncn1. The Kier molecular flexibility index (Phi) is 5.65. The van der Waals surface area contributed by atoms with Gasteiger partial charge in [0.25, 0.3) is 0 Å². The standard InChI is InChI=1S/C20H29N3O2/c1-19(2,3)15-7-9-16(10-8-15)25-12-11-17(18(24)20(4,5)6)23-14-21-13-22-23/h7-10,13-14,17H,11-12H2,1-6H3. The number of hydrogen-bond donors (Lipinski definition) is 0. The van der Waals surface area contributed by atoms with Crippen LogP contribution in [0.4, 0.5) is 0 Å². The number of carbonyl (C=O) groups excluding carboxylic acids is 1. The summed E-state index contributed by atoms with van der Waals surface area (Å²) in [5.41, 5.74) is 0.948. The van der Waals surface area contributed by atoms with Crippen LogP contribution in [-0.2, 0) is 10.2 Å². The maximum atomic E-state index is 12.7. The largest absolute Gasteiger partial charge is 0.494 e. The summed E-state index contributed by atoms with van der Waals surface area (Å²) in [5.74, 6) is 0.943. The monoisotopic (exact) mass is 343 g/mol. The highest BCUT2D eigenvalue weighted by atomic mass is 16.5. The molecule has 0 aliphatic heterocycles. The second-order valence-corrected chi connectivity index (χ2v) is 8.42. The Morgan fingerprint density at radius 2 is 1.76 bits per heavy atom. The van der Waals surface area contributed by atoms with E-state index < -0.39 is 5.41 Å². The van der Waals surface area contributed by atoms with Gasteiger partial charge in [-0.25, -0.2) is 9.67 Å². The molecule has 0 aliphatic carbocycles. The maximum Gasteiger partial charge on any atom is 0.162 e. The van der Waals surface area contributed by atoms with Crippen molar-refractivity contribution in [1.29, 1.82) is 0 Å². The third-order valence-electron chi connectivity index (χ3n) is 4.18. The van der Waals surface area contributed by atoms with Crippen LogP contribution in [-0.4, -0.2) is 27.2 Å².